The molecule has 0 radical (unpaired) electrons. The average molecular weight is 257 g/mol. The Morgan fingerprint density at radius 1 is 1.37 bits per heavy atom. The molecule has 0 aliphatic heterocycles. The predicted octanol–water partition coefficient (Wildman–Crippen LogP) is 2.65. The summed E-state index contributed by atoms with van der Waals surface area (Å²) in [5, 5.41) is 2.77. The molecular weight excluding hydrogens is 241 g/mol. The summed E-state index contributed by atoms with van der Waals surface area (Å²) in [5.41, 5.74) is 0.359. The van der Waals surface area contributed by atoms with Crippen LogP contribution < -0.4 is 5.32 Å². The third-order valence-electron chi connectivity index (χ3n) is 3.09. The molecule has 0 heterocycles. The molecule has 1 aliphatic carbocycles. The molecule has 1 N–H and O–H groups in total. The number of halogens is 1. The lowest BCUT2D eigenvalue weighted by molar-refractivity contribution is -0.124. The number of nitrogens with one attached hydrogen (secondary N) is 1. The molecule has 1 atom stereocenters. The Labute approximate surface area is 112 Å². The SMILES string of the molecule is O=C(NCC#Cc1ccccc1F)C1CC=CCC1. The second-order valence-electron chi connectivity index (χ2n) is 4.48. The summed E-state index contributed by atoms with van der Waals surface area (Å²) < 4.78 is 13.3. The fourth-order valence-electron chi connectivity index (χ4n) is 2.01. The first-order valence-corrected chi connectivity index (χ1v) is 6.43. The van der Waals surface area contributed by atoms with Gasteiger partial charge in [-0.05, 0) is 31.4 Å². The van der Waals surface area contributed by atoms with Crippen molar-refractivity contribution in [1.29, 1.82) is 0 Å². The molecule has 2 rings (SSSR count). The van der Waals surface area contributed by atoms with E-state index in [0.717, 1.165) is 19.3 Å². The number of hydrogen-bond donors (Lipinski definition) is 1. The molecule has 0 spiro atoms. The van der Waals surface area contributed by atoms with Crippen LogP contribution in [0.3, 0.4) is 0 Å². The Balaban J connectivity index is 1.82. The highest BCUT2D eigenvalue weighted by atomic mass is 19.1. The second-order valence-corrected chi connectivity index (χ2v) is 4.48. The third-order valence-corrected chi connectivity index (χ3v) is 3.09. The molecule has 0 saturated carbocycles. The first kappa shape index (κ1) is 13.4. The molecule has 98 valence electrons. The van der Waals surface area contributed by atoms with E-state index in [1.807, 2.05) is 6.08 Å². The van der Waals surface area contributed by atoms with Crippen LogP contribution in [0, 0.1) is 23.6 Å². The fourth-order valence-corrected chi connectivity index (χ4v) is 2.01. The summed E-state index contributed by atoms with van der Waals surface area (Å²) in [7, 11) is 0. The first-order valence-electron chi connectivity index (χ1n) is 6.43. The van der Waals surface area contributed by atoms with Crippen LogP contribution in [0.1, 0.15) is 24.8 Å². The number of benzene rings is 1. The smallest absolute Gasteiger partial charge is 0.224 e. The van der Waals surface area contributed by atoms with Gasteiger partial charge in [0.1, 0.15) is 5.82 Å². The van der Waals surface area contributed by atoms with Crippen LogP contribution >= 0.6 is 0 Å². The minimum atomic E-state index is -0.334. The predicted molar refractivity (Wildman–Crippen MR) is 72.8 cm³/mol. The van der Waals surface area contributed by atoms with Gasteiger partial charge in [0.05, 0.1) is 12.1 Å². The topological polar surface area (TPSA) is 29.1 Å². The fraction of sp³-hybridized carbons (Fsp3) is 0.312. The normalized spacial score (nSPS) is 17.4. The maximum absolute atomic E-state index is 13.3. The van der Waals surface area contributed by atoms with Gasteiger partial charge in [0.25, 0.3) is 0 Å². The molecule has 3 heteroatoms. The van der Waals surface area contributed by atoms with Gasteiger partial charge in [-0.25, -0.2) is 4.39 Å². The molecule has 0 saturated heterocycles. The van der Waals surface area contributed by atoms with Crippen LogP contribution in [0.2, 0.25) is 0 Å². The molecule has 2 nitrogen and oxygen atoms in total. The molecule has 0 fully saturated rings. The summed E-state index contributed by atoms with van der Waals surface area (Å²) in [5.74, 6) is 5.25. The molecule has 1 aromatic rings. The van der Waals surface area contributed by atoms with E-state index in [-0.39, 0.29) is 24.2 Å². The standard InChI is InChI=1S/C16H16FNO/c17-15-11-5-4-7-13(15)10-6-12-18-16(19)14-8-2-1-3-9-14/h1-2,4-5,7,11,14H,3,8-9,12H2,(H,18,19). The van der Waals surface area contributed by atoms with Crippen molar-refractivity contribution >= 4 is 5.91 Å². The van der Waals surface area contributed by atoms with Crippen LogP contribution in [-0.4, -0.2) is 12.5 Å². The summed E-state index contributed by atoms with van der Waals surface area (Å²) >= 11 is 0. The Hall–Kier alpha value is -2.08. The highest BCUT2D eigenvalue weighted by molar-refractivity contribution is 5.79. The Morgan fingerprint density at radius 3 is 2.95 bits per heavy atom. The molecule has 1 unspecified atom stereocenters. The Morgan fingerprint density at radius 2 is 2.21 bits per heavy atom. The van der Waals surface area contributed by atoms with Crippen LogP contribution in [0.4, 0.5) is 4.39 Å². The number of allylic oxidation sites excluding steroid dienone is 2. The molecule has 0 bridgehead atoms. The van der Waals surface area contributed by atoms with Crippen molar-refractivity contribution in [3.05, 3.63) is 47.8 Å². The van der Waals surface area contributed by atoms with E-state index in [9.17, 15) is 9.18 Å². The van der Waals surface area contributed by atoms with Gasteiger partial charge in [0.15, 0.2) is 0 Å². The van der Waals surface area contributed by atoms with Crippen molar-refractivity contribution in [2.45, 2.75) is 19.3 Å². The van der Waals surface area contributed by atoms with Crippen LogP contribution in [0.15, 0.2) is 36.4 Å². The molecule has 19 heavy (non-hydrogen) atoms. The van der Waals surface area contributed by atoms with Gasteiger partial charge in [-0.15, -0.1) is 0 Å². The van der Waals surface area contributed by atoms with Crippen molar-refractivity contribution in [3.63, 3.8) is 0 Å². The molecule has 1 aliphatic rings. The summed E-state index contributed by atoms with van der Waals surface area (Å²) in [6, 6.07) is 6.35. The van der Waals surface area contributed by atoms with E-state index in [4.69, 9.17) is 0 Å². The quantitative estimate of drug-likeness (QED) is 0.640. The van der Waals surface area contributed by atoms with Crippen molar-refractivity contribution in [3.8, 4) is 11.8 Å². The van der Waals surface area contributed by atoms with Crippen LogP contribution in [0.25, 0.3) is 0 Å². The third kappa shape index (κ3) is 3.96. The minimum Gasteiger partial charge on any atom is -0.345 e. The summed E-state index contributed by atoms with van der Waals surface area (Å²) in [6.07, 6.45) is 6.79. The summed E-state index contributed by atoms with van der Waals surface area (Å²) in [6.45, 7) is 0.257. The van der Waals surface area contributed by atoms with Gasteiger partial charge < -0.3 is 5.32 Å². The van der Waals surface area contributed by atoms with Gasteiger partial charge >= 0.3 is 0 Å². The number of hydrogen-bond acceptors (Lipinski definition) is 1. The maximum Gasteiger partial charge on any atom is 0.224 e. The largest absolute Gasteiger partial charge is 0.345 e. The molecular formula is C16H16FNO. The molecule has 1 aromatic carbocycles. The average Bonchev–Trinajstić information content (AvgIpc) is 2.46. The Kier molecular flexibility index (Phi) is 4.74. The highest BCUT2D eigenvalue weighted by Crippen LogP contribution is 2.17. The number of rotatable bonds is 2. The summed E-state index contributed by atoms with van der Waals surface area (Å²) in [4.78, 5) is 11.8. The van der Waals surface area contributed by atoms with E-state index in [1.165, 1.54) is 6.07 Å². The zero-order chi connectivity index (χ0) is 13.5. The van der Waals surface area contributed by atoms with E-state index in [0.29, 0.717) is 5.56 Å². The minimum absolute atomic E-state index is 0.0344. The van der Waals surface area contributed by atoms with Gasteiger partial charge in [0, 0.05) is 5.92 Å². The van der Waals surface area contributed by atoms with E-state index in [2.05, 4.69) is 23.2 Å². The van der Waals surface area contributed by atoms with Gasteiger partial charge in [0.2, 0.25) is 5.91 Å². The highest BCUT2D eigenvalue weighted by Gasteiger charge is 2.17. The van der Waals surface area contributed by atoms with Gasteiger partial charge in [-0.1, -0.05) is 36.1 Å². The zero-order valence-electron chi connectivity index (χ0n) is 10.7. The molecule has 0 aromatic heterocycles. The number of carbonyl (C=O) groups is 1. The van der Waals surface area contributed by atoms with Crippen LogP contribution in [0.5, 0.6) is 0 Å². The Bertz CT molecular complexity index is 539. The number of carbonyl (C=O) groups excluding carboxylic acids is 1. The van der Waals surface area contributed by atoms with Crippen molar-refractivity contribution in [1.82, 2.24) is 5.32 Å². The second kappa shape index (κ2) is 6.75. The van der Waals surface area contributed by atoms with Gasteiger partial charge in [-0.2, -0.15) is 0 Å². The lowest BCUT2D eigenvalue weighted by Gasteiger charge is -2.16. The van der Waals surface area contributed by atoms with Crippen molar-refractivity contribution in [2.24, 2.45) is 5.92 Å². The van der Waals surface area contributed by atoms with E-state index >= 15 is 0 Å². The zero-order valence-corrected chi connectivity index (χ0v) is 10.7. The van der Waals surface area contributed by atoms with Gasteiger partial charge in [-0.3, -0.25) is 4.79 Å². The lowest BCUT2D eigenvalue weighted by Crippen LogP contribution is -2.31. The number of amides is 1. The monoisotopic (exact) mass is 257 g/mol. The van der Waals surface area contributed by atoms with Crippen molar-refractivity contribution < 1.29 is 9.18 Å². The first-order chi connectivity index (χ1) is 9.27. The lowest BCUT2D eigenvalue weighted by atomic mass is 9.94. The van der Waals surface area contributed by atoms with Crippen LogP contribution in [-0.2, 0) is 4.79 Å². The maximum atomic E-state index is 13.3. The molecule has 1 amide bonds. The van der Waals surface area contributed by atoms with E-state index < -0.39 is 0 Å². The van der Waals surface area contributed by atoms with Crippen molar-refractivity contribution in [2.75, 3.05) is 6.54 Å². The van der Waals surface area contributed by atoms with E-state index in [1.54, 1.807) is 18.2 Å².